The molecule has 2 heterocycles. The largest absolute Gasteiger partial charge is 0.335 e. The number of amides is 1. The molecule has 2 aliphatic rings. The second-order valence-corrected chi connectivity index (χ2v) is 6.61. The summed E-state index contributed by atoms with van der Waals surface area (Å²) in [6.45, 7) is 6.30. The van der Waals surface area contributed by atoms with Crippen molar-refractivity contribution in [3.63, 3.8) is 0 Å². The van der Waals surface area contributed by atoms with Gasteiger partial charge in [-0.15, -0.1) is 0 Å². The number of rotatable bonds is 3. The Balaban J connectivity index is 1.63. The van der Waals surface area contributed by atoms with E-state index in [0.717, 1.165) is 25.9 Å². The zero-order chi connectivity index (χ0) is 14.8. The van der Waals surface area contributed by atoms with Crippen LogP contribution in [-0.2, 0) is 11.2 Å². The summed E-state index contributed by atoms with van der Waals surface area (Å²) in [5.41, 5.74) is 3.91. The van der Waals surface area contributed by atoms with Gasteiger partial charge in [-0.25, -0.2) is 0 Å². The summed E-state index contributed by atoms with van der Waals surface area (Å²) >= 11 is 0. The summed E-state index contributed by atoms with van der Waals surface area (Å²) in [6, 6.07) is 7.45. The third kappa shape index (κ3) is 3.13. The summed E-state index contributed by atoms with van der Waals surface area (Å²) in [4.78, 5) is 14.9. The fourth-order valence-corrected chi connectivity index (χ4v) is 3.89. The zero-order valence-corrected chi connectivity index (χ0v) is 13.2. The van der Waals surface area contributed by atoms with Crippen LogP contribution in [0, 0.1) is 13.8 Å². The number of carbonyl (C=O) groups is 1. The highest BCUT2D eigenvalue weighted by Crippen LogP contribution is 2.28. The lowest BCUT2D eigenvalue weighted by molar-refractivity contribution is -0.133. The van der Waals surface area contributed by atoms with Gasteiger partial charge in [0.2, 0.25) is 5.91 Å². The summed E-state index contributed by atoms with van der Waals surface area (Å²) in [5.74, 6) is 0.353. The van der Waals surface area contributed by atoms with Gasteiger partial charge in [-0.2, -0.15) is 0 Å². The maximum atomic E-state index is 12.7. The molecule has 2 fully saturated rings. The normalized spacial score (nSPS) is 25.0. The maximum Gasteiger partial charge on any atom is 0.223 e. The molecule has 2 saturated heterocycles. The minimum Gasteiger partial charge on any atom is -0.335 e. The SMILES string of the molecule is Cc1ccc(CCC(=O)N2C3CCNCC2CC3)c(C)c1. The molecule has 0 aromatic heterocycles. The van der Waals surface area contributed by atoms with Crippen LogP contribution in [0.2, 0.25) is 0 Å². The third-order valence-corrected chi connectivity index (χ3v) is 5.05. The highest BCUT2D eigenvalue weighted by atomic mass is 16.2. The Morgan fingerprint density at radius 2 is 2.05 bits per heavy atom. The van der Waals surface area contributed by atoms with Crippen LogP contribution in [0.1, 0.15) is 42.4 Å². The lowest BCUT2D eigenvalue weighted by atomic mass is 10.0. The minimum atomic E-state index is 0.353. The van der Waals surface area contributed by atoms with Crippen molar-refractivity contribution >= 4 is 5.91 Å². The van der Waals surface area contributed by atoms with Crippen LogP contribution in [0.3, 0.4) is 0 Å². The molecule has 3 rings (SSSR count). The molecular weight excluding hydrogens is 260 g/mol. The number of nitrogens with zero attached hydrogens (tertiary/aromatic N) is 1. The van der Waals surface area contributed by atoms with E-state index in [-0.39, 0.29) is 0 Å². The molecule has 3 heteroatoms. The van der Waals surface area contributed by atoms with Crippen molar-refractivity contribution in [3.05, 3.63) is 34.9 Å². The molecule has 1 amide bonds. The molecule has 1 aromatic carbocycles. The van der Waals surface area contributed by atoms with Gasteiger partial charge in [-0.1, -0.05) is 23.8 Å². The first-order valence-electron chi connectivity index (χ1n) is 8.23. The molecule has 2 unspecified atom stereocenters. The second-order valence-electron chi connectivity index (χ2n) is 6.61. The van der Waals surface area contributed by atoms with E-state index in [1.54, 1.807) is 0 Å². The summed E-state index contributed by atoms with van der Waals surface area (Å²) in [5, 5.41) is 3.46. The van der Waals surface area contributed by atoms with Crippen LogP contribution in [0.15, 0.2) is 18.2 Å². The Bertz CT molecular complexity index is 512. The molecule has 2 atom stereocenters. The van der Waals surface area contributed by atoms with Gasteiger partial charge in [0.1, 0.15) is 0 Å². The van der Waals surface area contributed by atoms with Crippen LogP contribution in [0.25, 0.3) is 0 Å². The number of fused-ring (bicyclic) bond motifs is 2. The topological polar surface area (TPSA) is 32.3 Å². The Labute approximate surface area is 127 Å². The number of hydrogen-bond donors (Lipinski definition) is 1. The van der Waals surface area contributed by atoms with Crippen molar-refractivity contribution in [2.45, 2.75) is 58.0 Å². The van der Waals surface area contributed by atoms with Gasteiger partial charge in [0.15, 0.2) is 0 Å². The van der Waals surface area contributed by atoms with E-state index in [0.29, 0.717) is 24.4 Å². The Morgan fingerprint density at radius 1 is 1.24 bits per heavy atom. The van der Waals surface area contributed by atoms with Crippen LogP contribution in [0.4, 0.5) is 0 Å². The molecule has 0 radical (unpaired) electrons. The number of carbonyl (C=O) groups excluding carboxylic acids is 1. The van der Waals surface area contributed by atoms with Crippen molar-refractivity contribution in [2.24, 2.45) is 0 Å². The summed E-state index contributed by atoms with van der Waals surface area (Å²) in [6.07, 6.45) is 5.01. The van der Waals surface area contributed by atoms with Crippen molar-refractivity contribution in [2.75, 3.05) is 13.1 Å². The minimum absolute atomic E-state index is 0.353. The first-order chi connectivity index (χ1) is 10.1. The fourth-order valence-electron chi connectivity index (χ4n) is 3.89. The number of nitrogens with one attached hydrogen (secondary N) is 1. The van der Waals surface area contributed by atoms with Gasteiger partial charge in [0.25, 0.3) is 0 Å². The predicted molar refractivity (Wildman–Crippen MR) is 85.4 cm³/mol. The maximum absolute atomic E-state index is 12.7. The Hall–Kier alpha value is -1.35. The monoisotopic (exact) mass is 286 g/mol. The van der Waals surface area contributed by atoms with Crippen molar-refractivity contribution < 1.29 is 4.79 Å². The highest BCUT2D eigenvalue weighted by molar-refractivity contribution is 5.77. The van der Waals surface area contributed by atoms with Gasteiger partial charge < -0.3 is 10.2 Å². The predicted octanol–water partition coefficient (Wildman–Crippen LogP) is 2.59. The molecular formula is C18H26N2O. The van der Waals surface area contributed by atoms with Gasteiger partial charge in [0.05, 0.1) is 0 Å². The smallest absolute Gasteiger partial charge is 0.223 e. The second kappa shape index (κ2) is 6.18. The average molecular weight is 286 g/mol. The van der Waals surface area contributed by atoms with E-state index in [1.807, 2.05) is 0 Å². The van der Waals surface area contributed by atoms with E-state index < -0.39 is 0 Å². The molecule has 1 N–H and O–H groups in total. The highest BCUT2D eigenvalue weighted by Gasteiger charge is 2.37. The van der Waals surface area contributed by atoms with Crippen LogP contribution in [-0.4, -0.2) is 36.0 Å². The first-order valence-corrected chi connectivity index (χ1v) is 8.23. The van der Waals surface area contributed by atoms with Gasteiger partial charge in [0, 0.05) is 25.0 Å². The number of aryl methyl sites for hydroxylation is 3. The lowest BCUT2D eigenvalue weighted by Crippen LogP contribution is -2.42. The number of hydrogen-bond acceptors (Lipinski definition) is 2. The molecule has 3 nitrogen and oxygen atoms in total. The standard InChI is InChI=1S/C18H26N2O/c1-13-3-4-15(14(2)11-13)5-8-18(21)20-16-6-7-17(20)12-19-10-9-16/h3-4,11,16-17,19H,5-10,12H2,1-2H3. The fraction of sp³-hybridized carbons (Fsp3) is 0.611. The average Bonchev–Trinajstić information content (AvgIpc) is 2.71. The molecule has 1 aromatic rings. The quantitative estimate of drug-likeness (QED) is 0.926. The Morgan fingerprint density at radius 3 is 2.86 bits per heavy atom. The van der Waals surface area contributed by atoms with Crippen molar-refractivity contribution in [1.82, 2.24) is 10.2 Å². The van der Waals surface area contributed by atoms with Crippen LogP contribution >= 0.6 is 0 Å². The summed E-state index contributed by atoms with van der Waals surface area (Å²) in [7, 11) is 0. The van der Waals surface area contributed by atoms with E-state index >= 15 is 0 Å². The van der Waals surface area contributed by atoms with Crippen LogP contribution in [0.5, 0.6) is 0 Å². The van der Waals surface area contributed by atoms with Gasteiger partial charge >= 0.3 is 0 Å². The molecule has 114 valence electrons. The summed E-state index contributed by atoms with van der Waals surface area (Å²) < 4.78 is 0. The van der Waals surface area contributed by atoms with Crippen molar-refractivity contribution in [3.8, 4) is 0 Å². The van der Waals surface area contributed by atoms with E-state index in [9.17, 15) is 4.79 Å². The van der Waals surface area contributed by atoms with Crippen molar-refractivity contribution in [1.29, 1.82) is 0 Å². The number of benzene rings is 1. The molecule has 0 spiro atoms. The van der Waals surface area contributed by atoms with E-state index in [4.69, 9.17) is 0 Å². The van der Waals surface area contributed by atoms with Crippen LogP contribution < -0.4 is 5.32 Å². The zero-order valence-electron chi connectivity index (χ0n) is 13.2. The molecule has 2 bridgehead atoms. The molecule has 2 aliphatic heterocycles. The molecule has 0 saturated carbocycles. The lowest BCUT2D eigenvalue weighted by Gasteiger charge is -2.28. The van der Waals surface area contributed by atoms with Gasteiger partial charge in [-0.3, -0.25) is 4.79 Å². The van der Waals surface area contributed by atoms with Gasteiger partial charge in [-0.05, 0) is 57.2 Å². The first kappa shape index (κ1) is 14.6. The van der Waals surface area contributed by atoms with E-state index in [1.165, 1.54) is 29.5 Å². The Kier molecular flexibility index (Phi) is 4.29. The molecule has 21 heavy (non-hydrogen) atoms. The molecule has 0 aliphatic carbocycles. The third-order valence-electron chi connectivity index (χ3n) is 5.05. The van der Waals surface area contributed by atoms with E-state index in [2.05, 4.69) is 42.3 Å².